The molecule has 0 bridgehead atoms. The van der Waals surface area contributed by atoms with Crippen LogP contribution in [0.2, 0.25) is 0 Å². The maximum atomic E-state index is 10.0. The summed E-state index contributed by atoms with van der Waals surface area (Å²) in [7, 11) is -2.53. The van der Waals surface area contributed by atoms with Gasteiger partial charge in [0.25, 0.3) is 0 Å². The number of hydrogen-bond donors (Lipinski definition) is 1. The molecule has 0 aliphatic heterocycles. The number of nitrogens with zero attached hydrogens (tertiary/aromatic N) is 2. The van der Waals surface area contributed by atoms with Crippen molar-refractivity contribution in [3.63, 3.8) is 0 Å². The Morgan fingerprint density at radius 3 is 2.44 bits per heavy atom. The number of rotatable bonds is 1. The van der Waals surface area contributed by atoms with Gasteiger partial charge in [0.05, 0.1) is 5.52 Å². The van der Waals surface area contributed by atoms with Crippen LogP contribution >= 0.6 is 8.03 Å². The molecule has 6 heteroatoms. The van der Waals surface area contributed by atoms with Gasteiger partial charge in [-0.1, -0.05) is 28.8 Å². The number of hydrogen-bond acceptors (Lipinski definition) is 4. The van der Waals surface area contributed by atoms with Gasteiger partial charge in [-0.2, -0.15) is 4.98 Å². The summed E-state index contributed by atoms with van der Waals surface area (Å²) < 4.78 is 10.0. The largest absolute Gasteiger partial charge is 0.588 e. The number of aromatic nitrogens is 3. The Morgan fingerprint density at radius 2 is 1.83 bits per heavy atom. The number of H-pyrrole nitrogens is 1. The highest BCUT2D eigenvalue weighted by molar-refractivity contribution is 7.45. The van der Waals surface area contributed by atoms with Crippen LogP contribution in [0.25, 0.3) is 10.9 Å². The Morgan fingerprint density at radius 1 is 1.06 bits per heavy atom. The number of benzene rings is 1. The average molecular weight is 259 g/mol. The fourth-order valence-electron chi connectivity index (χ4n) is 1.37. The smallest absolute Gasteiger partial charge is 0.389 e. The zero-order valence-corrected chi connectivity index (χ0v) is 10.2. The number of pyridine rings is 1. The lowest BCUT2D eigenvalue weighted by Crippen LogP contribution is -2.07. The van der Waals surface area contributed by atoms with Crippen LogP contribution < -0.4 is 10.5 Å². The summed E-state index contributed by atoms with van der Waals surface area (Å²) in [4.78, 5) is 20.1. The van der Waals surface area contributed by atoms with Gasteiger partial charge in [0.1, 0.15) is 0 Å². The van der Waals surface area contributed by atoms with Crippen molar-refractivity contribution in [3.8, 4) is 0 Å². The Bertz CT molecular complexity index is 575. The molecule has 1 atom stereocenters. The molecule has 0 amide bonds. The van der Waals surface area contributed by atoms with E-state index in [9.17, 15) is 9.46 Å². The highest BCUT2D eigenvalue weighted by Crippen LogP contribution is 2.07. The Balaban J connectivity index is 0.000000138. The first-order valence-electron chi connectivity index (χ1n) is 5.21. The van der Waals surface area contributed by atoms with Crippen molar-refractivity contribution in [2.24, 2.45) is 0 Å². The van der Waals surface area contributed by atoms with Gasteiger partial charge in [0, 0.05) is 24.0 Å². The van der Waals surface area contributed by atoms with Crippen LogP contribution in [0.15, 0.2) is 55.0 Å². The SMILES string of the molecule is O=[P+]([O-])c1ncc[nH]1.c1ccc2ncccc2c1. The summed E-state index contributed by atoms with van der Waals surface area (Å²) in [6.07, 6.45) is 4.66. The monoisotopic (exact) mass is 259 g/mol. The van der Waals surface area contributed by atoms with E-state index in [1.54, 1.807) is 0 Å². The normalized spacial score (nSPS) is 10.6. The van der Waals surface area contributed by atoms with E-state index in [1.165, 1.54) is 17.8 Å². The molecule has 2 heterocycles. The third kappa shape index (κ3) is 3.20. The fourth-order valence-corrected chi connectivity index (χ4v) is 1.71. The van der Waals surface area contributed by atoms with E-state index in [4.69, 9.17) is 0 Å². The molecule has 18 heavy (non-hydrogen) atoms. The Kier molecular flexibility index (Phi) is 4.12. The number of aromatic amines is 1. The van der Waals surface area contributed by atoms with Gasteiger partial charge in [-0.05, 0) is 12.1 Å². The summed E-state index contributed by atoms with van der Waals surface area (Å²) in [5.74, 6) is 0. The van der Waals surface area contributed by atoms with Gasteiger partial charge in [0.2, 0.25) is 0 Å². The first-order valence-corrected chi connectivity index (χ1v) is 6.38. The zero-order chi connectivity index (χ0) is 12.8. The second kappa shape index (κ2) is 6.00. The van der Waals surface area contributed by atoms with Gasteiger partial charge in [-0.15, -0.1) is 0 Å². The van der Waals surface area contributed by atoms with E-state index in [0.29, 0.717) is 0 Å². The van der Waals surface area contributed by atoms with Gasteiger partial charge >= 0.3 is 13.6 Å². The second-order valence-corrected chi connectivity index (χ2v) is 4.30. The molecule has 1 unspecified atom stereocenters. The van der Waals surface area contributed by atoms with Gasteiger partial charge in [-0.3, -0.25) is 4.98 Å². The summed E-state index contributed by atoms with van der Waals surface area (Å²) in [6.45, 7) is 0. The maximum Gasteiger partial charge on any atom is 0.389 e. The molecule has 0 fully saturated rings. The minimum atomic E-state index is -2.53. The molecule has 90 valence electrons. The van der Waals surface area contributed by atoms with Crippen LogP contribution in [0.5, 0.6) is 0 Å². The summed E-state index contributed by atoms with van der Waals surface area (Å²) in [5, 5.41) is 1.20. The molecule has 2 aromatic heterocycles. The third-order valence-electron chi connectivity index (χ3n) is 2.17. The lowest BCUT2D eigenvalue weighted by Gasteiger charge is -1.91. The summed E-state index contributed by atoms with van der Waals surface area (Å²) in [6, 6.07) is 12.1. The van der Waals surface area contributed by atoms with Crippen LogP contribution in [0.4, 0.5) is 0 Å². The van der Waals surface area contributed by atoms with Crippen molar-refractivity contribution in [3.05, 3.63) is 55.0 Å². The van der Waals surface area contributed by atoms with Gasteiger partial charge in [-0.25, -0.2) is 0 Å². The second-order valence-electron chi connectivity index (χ2n) is 3.37. The first-order chi connectivity index (χ1) is 8.77. The standard InChI is InChI=1S/C9H7N.C3H3N2O2P/c1-2-6-9-8(4-1)5-3-7-10-9;6-8(7)3-4-1-2-5-3/h1-7H;1-2H,(H,4,5). The molecule has 3 rings (SSSR count). The lowest BCUT2D eigenvalue weighted by atomic mass is 10.2. The number of fused-ring (bicyclic) bond motifs is 1. The van der Waals surface area contributed by atoms with Crippen molar-refractivity contribution < 1.29 is 9.46 Å². The van der Waals surface area contributed by atoms with E-state index in [1.807, 2.05) is 30.5 Å². The highest BCUT2D eigenvalue weighted by atomic mass is 31.1. The molecule has 0 spiro atoms. The van der Waals surface area contributed by atoms with E-state index >= 15 is 0 Å². The average Bonchev–Trinajstić information content (AvgIpc) is 2.94. The van der Waals surface area contributed by atoms with E-state index in [-0.39, 0.29) is 5.57 Å². The Labute approximate surface area is 104 Å². The molecule has 3 aromatic rings. The van der Waals surface area contributed by atoms with Crippen molar-refractivity contribution in [1.82, 2.24) is 15.0 Å². The summed E-state index contributed by atoms with van der Waals surface area (Å²) >= 11 is 0. The number of imidazole rings is 1. The molecule has 0 saturated carbocycles. The van der Waals surface area contributed by atoms with Crippen LogP contribution in [0.1, 0.15) is 0 Å². The molecule has 1 aromatic carbocycles. The lowest BCUT2D eigenvalue weighted by molar-refractivity contribution is -0.161. The van der Waals surface area contributed by atoms with Crippen LogP contribution in [0, 0.1) is 0 Å². The quantitative estimate of drug-likeness (QED) is 0.669. The van der Waals surface area contributed by atoms with Crippen LogP contribution in [-0.2, 0) is 4.57 Å². The molecule has 0 aliphatic rings. The van der Waals surface area contributed by atoms with E-state index < -0.39 is 8.03 Å². The highest BCUT2D eigenvalue weighted by Gasteiger charge is 2.06. The minimum Gasteiger partial charge on any atom is -0.588 e. The van der Waals surface area contributed by atoms with Crippen LogP contribution in [0.3, 0.4) is 0 Å². The van der Waals surface area contributed by atoms with Crippen LogP contribution in [-0.4, -0.2) is 15.0 Å². The number of para-hydroxylation sites is 1. The Hall–Kier alpha value is -2.10. The zero-order valence-electron chi connectivity index (χ0n) is 9.35. The molecular weight excluding hydrogens is 249 g/mol. The molecule has 0 saturated heterocycles. The fraction of sp³-hybridized carbons (Fsp3) is 0. The number of nitrogens with one attached hydrogen (secondary N) is 1. The van der Waals surface area contributed by atoms with Crippen molar-refractivity contribution in [1.29, 1.82) is 0 Å². The molecule has 0 aliphatic carbocycles. The molecule has 1 N–H and O–H groups in total. The van der Waals surface area contributed by atoms with Gasteiger partial charge in [0.15, 0.2) is 0 Å². The van der Waals surface area contributed by atoms with E-state index in [2.05, 4.69) is 27.1 Å². The van der Waals surface area contributed by atoms with E-state index in [0.717, 1.165) is 5.52 Å². The first kappa shape index (κ1) is 12.4. The molecule has 0 radical (unpaired) electrons. The topological polar surface area (TPSA) is 81.7 Å². The van der Waals surface area contributed by atoms with Crippen molar-refractivity contribution >= 4 is 24.5 Å². The summed E-state index contributed by atoms with van der Waals surface area (Å²) in [5.41, 5.74) is 1.07. The minimum absolute atomic E-state index is 0.0139. The molecular formula is C12H10N3O2P. The van der Waals surface area contributed by atoms with Gasteiger partial charge < -0.3 is 9.88 Å². The third-order valence-corrected chi connectivity index (χ3v) is 2.76. The van der Waals surface area contributed by atoms with Crippen molar-refractivity contribution in [2.75, 3.05) is 0 Å². The predicted octanol–water partition coefficient (Wildman–Crippen LogP) is 1.37. The molecule has 5 nitrogen and oxygen atoms in total. The van der Waals surface area contributed by atoms with Crippen molar-refractivity contribution in [2.45, 2.75) is 0 Å². The maximum absolute atomic E-state index is 10.0. The predicted molar refractivity (Wildman–Crippen MR) is 67.6 cm³/mol.